The summed E-state index contributed by atoms with van der Waals surface area (Å²) in [6, 6.07) is 7.48. The molecule has 102 valence electrons. The van der Waals surface area contributed by atoms with Crippen molar-refractivity contribution < 1.29 is 4.39 Å². The van der Waals surface area contributed by atoms with Gasteiger partial charge in [-0.1, -0.05) is 19.1 Å². The summed E-state index contributed by atoms with van der Waals surface area (Å²) in [6.07, 6.45) is 0. The summed E-state index contributed by atoms with van der Waals surface area (Å²) in [5.74, 6) is 0.299. The van der Waals surface area contributed by atoms with Gasteiger partial charge in [0.25, 0.3) is 0 Å². The molecule has 0 spiro atoms. The Kier molecular flexibility index (Phi) is 6.06. The number of rotatable bonds is 3. The molecule has 18 heavy (non-hydrogen) atoms. The van der Waals surface area contributed by atoms with Crippen molar-refractivity contribution in [3.63, 3.8) is 0 Å². The Morgan fingerprint density at radius 3 is 2.67 bits per heavy atom. The Labute approximate surface area is 115 Å². The lowest BCUT2D eigenvalue weighted by atomic mass is 9.99. The molecular weight excluding hydrogens is 251 g/mol. The summed E-state index contributed by atoms with van der Waals surface area (Å²) in [4.78, 5) is 2.50. The molecule has 0 aromatic heterocycles. The first-order chi connectivity index (χ1) is 8.16. The summed E-state index contributed by atoms with van der Waals surface area (Å²) in [5.41, 5.74) is 1.22. The van der Waals surface area contributed by atoms with E-state index in [1.807, 2.05) is 12.1 Å². The van der Waals surface area contributed by atoms with Crippen LogP contribution in [0.1, 0.15) is 25.3 Å². The molecule has 2 atom stereocenters. The molecule has 0 amide bonds. The van der Waals surface area contributed by atoms with Crippen LogP contribution in [-0.4, -0.2) is 37.1 Å². The van der Waals surface area contributed by atoms with E-state index in [0.29, 0.717) is 12.0 Å². The highest BCUT2D eigenvalue weighted by atomic mass is 35.5. The van der Waals surface area contributed by atoms with Crippen LogP contribution in [0.3, 0.4) is 0 Å². The van der Waals surface area contributed by atoms with E-state index in [0.717, 1.165) is 26.2 Å². The van der Waals surface area contributed by atoms with Crippen LogP contribution in [0.4, 0.5) is 4.39 Å². The molecule has 1 aromatic carbocycles. The van der Waals surface area contributed by atoms with Crippen molar-refractivity contribution in [2.24, 2.45) is 0 Å². The lowest BCUT2D eigenvalue weighted by molar-refractivity contribution is 0.166. The van der Waals surface area contributed by atoms with Crippen molar-refractivity contribution in [2.75, 3.05) is 26.2 Å². The zero-order chi connectivity index (χ0) is 12.3. The highest BCUT2D eigenvalue weighted by Crippen LogP contribution is 2.18. The number of piperazine rings is 1. The third kappa shape index (κ3) is 3.94. The minimum Gasteiger partial charge on any atom is -0.314 e. The molecule has 2 rings (SSSR count). The van der Waals surface area contributed by atoms with Crippen LogP contribution in [-0.2, 0) is 0 Å². The molecule has 1 saturated heterocycles. The second-order valence-corrected chi connectivity index (χ2v) is 5.00. The van der Waals surface area contributed by atoms with Gasteiger partial charge < -0.3 is 5.32 Å². The van der Waals surface area contributed by atoms with Crippen LogP contribution in [0.5, 0.6) is 0 Å². The van der Waals surface area contributed by atoms with Crippen LogP contribution >= 0.6 is 12.4 Å². The summed E-state index contributed by atoms with van der Waals surface area (Å²) in [7, 11) is 0. The average molecular weight is 273 g/mol. The molecule has 0 bridgehead atoms. The van der Waals surface area contributed by atoms with Crippen molar-refractivity contribution in [2.45, 2.75) is 25.8 Å². The molecule has 1 fully saturated rings. The zero-order valence-electron chi connectivity index (χ0n) is 11.0. The van der Waals surface area contributed by atoms with E-state index >= 15 is 0 Å². The van der Waals surface area contributed by atoms with Gasteiger partial charge >= 0.3 is 0 Å². The summed E-state index contributed by atoms with van der Waals surface area (Å²) < 4.78 is 12.9. The fourth-order valence-electron chi connectivity index (χ4n) is 2.40. The largest absolute Gasteiger partial charge is 0.314 e. The molecule has 1 aromatic rings. The Balaban J connectivity index is 0.00000162. The Bertz CT molecular complexity index is 355. The first kappa shape index (κ1) is 15.4. The third-order valence-corrected chi connectivity index (χ3v) is 3.59. The quantitative estimate of drug-likeness (QED) is 0.910. The molecule has 0 saturated carbocycles. The number of halogens is 2. The zero-order valence-corrected chi connectivity index (χ0v) is 11.8. The second-order valence-electron chi connectivity index (χ2n) is 5.00. The van der Waals surface area contributed by atoms with Crippen LogP contribution < -0.4 is 5.32 Å². The Morgan fingerprint density at radius 1 is 1.39 bits per heavy atom. The molecule has 2 nitrogen and oxygen atoms in total. The number of nitrogens with zero attached hydrogens (tertiary/aromatic N) is 1. The van der Waals surface area contributed by atoms with Crippen molar-refractivity contribution >= 4 is 12.4 Å². The standard InChI is InChI=1S/C14H21FN2.ClH/c1-11(13-3-5-14(15)6-4-13)10-17-8-7-16-9-12(17)2;/h3-6,11-12,16H,7-10H2,1-2H3;1H/t11?,12-;/m1./s1. The maximum atomic E-state index is 12.9. The van der Waals surface area contributed by atoms with E-state index in [1.165, 1.54) is 5.56 Å². The number of nitrogens with one attached hydrogen (secondary N) is 1. The summed E-state index contributed by atoms with van der Waals surface area (Å²) in [5, 5.41) is 3.39. The number of hydrogen-bond acceptors (Lipinski definition) is 2. The topological polar surface area (TPSA) is 15.3 Å². The minimum atomic E-state index is -0.156. The normalized spacial score (nSPS) is 22.3. The molecule has 0 radical (unpaired) electrons. The Hall–Kier alpha value is -0.640. The SMILES string of the molecule is CC(CN1CCNC[C@H]1C)c1ccc(F)cc1.Cl. The molecule has 1 aliphatic rings. The van der Waals surface area contributed by atoms with Gasteiger partial charge in [-0.3, -0.25) is 4.90 Å². The molecule has 1 aliphatic heterocycles. The highest BCUT2D eigenvalue weighted by Gasteiger charge is 2.20. The lowest BCUT2D eigenvalue weighted by Gasteiger charge is -2.35. The highest BCUT2D eigenvalue weighted by molar-refractivity contribution is 5.85. The summed E-state index contributed by atoms with van der Waals surface area (Å²) in [6.45, 7) is 8.75. The summed E-state index contributed by atoms with van der Waals surface area (Å²) >= 11 is 0. The van der Waals surface area contributed by atoms with Gasteiger partial charge in [0, 0.05) is 32.2 Å². The molecule has 4 heteroatoms. The van der Waals surface area contributed by atoms with Gasteiger partial charge in [0.2, 0.25) is 0 Å². The average Bonchev–Trinajstić information content (AvgIpc) is 2.33. The molecule has 1 N–H and O–H groups in total. The monoisotopic (exact) mass is 272 g/mol. The van der Waals surface area contributed by atoms with E-state index in [9.17, 15) is 4.39 Å². The van der Waals surface area contributed by atoms with Gasteiger partial charge in [-0.05, 0) is 30.5 Å². The van der Waals surface area contributed by atoms with Crippen molar-refractivity contribution in [1.29, 1.82) is 0 Å². The molecule has 1 heterocycles. The van der Waals surface area contributed by atoms with Gasteiger partial charge in [-0.25, -0.2) is 4.39 Å². The van der Waals surface area contributed by atoms with Crippen molar-refractivity contribution in [1.82, 2.24) is 10.2 Å². The first-order valence-electron chi connectivity index (χ1n) is 6.37. The third-order valence-electron chi connectivity index (χ3n) is 3.59. The number of benzene rings is 1. The van der Waals surface area contributed by atoms with Gasteiger partial charge in [0.05, 0.1) is 0 Å². The van der Waals surface area contributed by atoms with E-state index in [-0.39, 0.29) is 18.2 Å². The van der Waals surface area contributed by atoms with E-state index < -0.39 is 0 Å². The van der Waals surface area contributed by atoms with E-state index in [2.05, 4.69) is 24.1 Å². The van der Waals surface area contributed by atoms with E-state index in [4.69, 9.17) is 0 Å². The predicted octanol–water partition coefficient (Wildman–Crippen LogP) is 2.64. The molecule has 0 aliphatic carbocycles. The van der Waals surface area contributed by atoms with Crippen LogP contribution in [0, 0.1) is 5.82 Å². The van der Waals surface area contributed by atoms with Crippen LogP contribution in [0.15, 0.2) is 24.3 Å². The first-order valence-corrected chi connectivity index (χ1v) is 6.37. The van der Waals surface area contributed by atoms with Gasteiger partial charge in [-0.2, -0.15) is 0 Å². The van der Waals surface area contributed by atoms with Gasteiger partial charge in [0.15, 0.2) is 0 Å². The smallest absolute Gasteiger partial charge is 0.123 e. The lowest BCUT2D eigenvalue weighted by Crippen LogP contribution is -2.50. The van der Waals surface area contributed by atoms with Crippen LogP contribution in [0.25, 0.3) is 0 Å². The maximum absolute atomic E-state index is 12.9. The van der Waals surface area contributed by atoms with Gasteiger partial charge in [0.1, 0.15) is 5.82 Å². The fraction of sp³-hybridized carbons (Fsp3) is 0.571. The predicted molar refractivity (Wildman–Crippen MR) is 76.0 cm³/mol. The number of hydrogen-bond donors (Lipinski definition) is 1. The molecular formula is C14H22ClFN2. The second kappa shape index (κ2) is 7.07. The van der Waals surface area contributed by atoms with Gasteiger partial charge in [-0.15, -0.1) is 12.4 Å². The maximum Gasteiger partial charge on any atom is 0.123 e. The Morgan fingerprint density at radius 2 is 2.06 bits per heavy atom. The molecule has 1 unspecified atom stereocenters. The van der Waals surface area contributed by atoms with Crippen molar-refractivity contribution in [3.8, 4) is 0 Å². The van der Waals surface area contributed by atoms with E-state index in [1.54, 1.807) is 12.1 Å². The van der Waals surface area contributed by atoms with Crippen molar-refractivity contribution in [3.05, 3.63) is 35.6 Å². The fourth-order valence-corrected chi connectivity index (χ4v) is 2.40. The minimum absolute atomic E-state index is 0. The van der Waals surface area contributed by atoms with Crippen LogP contribution in [0.2, 0.25) is 0 Å².